The smallest absolute Gasteiger partial charge is 0.332 e. The Morgan fingerprint density at radius 3 is 3.06 bits per heavy atom. The average Bonchev–Trinajstić information content (AvgIpc) is 2.82. The van der Waals surface area contributed by atoms with Gasteiger partial charge in [-0.05, 0) is 17.2 Å². The van der Waals surface area contributed by atoms with Gasteiger partial charge in [0.05, 0.1) is 12.4 Å². The van der Waals surface area contributed by atoms with E-state index >= 15 is 0 Å². The minimum Gasteiger partial charge on any atom is -0.350 e. The lowest BCUT2D eigenvalue weighted by Crippen LogP contribution is -2.24. The first-order valence-corrected chi connectivity index (χ1v) is 4.93. The van der Waals surface area contributed by atoms with Gasteiger partial charge in [0.15, 0.2) is 0 Å². The van der Waals surface area contributed by atoms with Gasteiger partial charge >= 0.3 is 6.03 Å². The molecule has 0 saturated heterocycles. The van der Waals surface area contributed by atoms with Crippen LogP contribution >= 0.6 is 0 Å². The van der Waals surface area contributed by atoms with E-state index in [-0.39, 0.29) is 0 Å². The highest BCUT2D eigenvalue weighted by atomic mass is 16.2. The number of carbonyl (C=O) groups is 1. The molecule has 0 aliphatic rings. The van der Waals surface area contributed by atoms with Gasteiger partial charge in [-0.25, -0.2) is 10.2 Å². The molecule has 0 bridgehead atoms. The molecule has 6 heteroatoms. The van der Waals surface area contributed by atoms with Gasteiger partial charge in [0.25, 0.3) is 0 Å². The zero-order chi connectivity index (χ0) is 12.1. The standard InChI is InChI=1S/C11H11N5O/c12-11(17)16-15-5-8-2-1-3-9(4-8)10-6-13-14-7-10/h1-7H,(H,13,14)(H3,12,16,17). The Labute approximate surface area is 97.5 Å². The summed E-state index contributed by atoms with van der Waals surface area (Å²) in [6, 6.07) is 6.97. The molecule has 2 amide bonds. The Morgan fingerprint density at radius 2 is 2.35 bits per heavy atom. The molecule has 0 saturated carbocycles. The van der Waals surface area contributed by atoms with E-state index in [1.54, 1.807) is 12.4 Å². The number of primary amides is 1. The fourth-order valence-corrected chi connectivity index (χ4v) is 1.38. The van der Waals surface area contributed by atoms with E-state index < -0.39 is 6.03 Å². The summed E-state index contributed by atoms with van der Waals surface area (Å²) < 4.78 is 0. The molecule has 6 nitrogen and oxygen atoms in total. The van der Waals surface area contributed by atoms with Crippen molar-refractivity contribution in [1.29, 1.82) is 0 Å². The highest BCUT2D eigenvalue weighted by Crippen LogP contribution is 2.17. The quantitative estimate of drug-likeness (QED) is 0.542. The summed E-state index contributed by atoms with van der Waals surface area (Å²) in [4.78, 5) is 10.4. The van der Waals surface area contributed by atoms with Crippen LogP contribution in [0.1, 0.15) is 5.56 Å². The summed E-state index contributed by atoms with van der Waals surface area (Å²) in [5.41, 5.74) is 9.89. The second-order valence-electron chi connectivity index (χ2n) is 3.35. The van der Waals surface area contributed by atoms with Gasteiger partial charge in [-0.1, -0.05) is 18.2 Å². The van der Waals surface area contributed by atoms with E-state index in [9.17, 15) is 4.79 Å². The van der Waals surface area contributed by atoms with Crippen LogP contribution in [0.15, 0.2) is 41.8 Å². The largest absolute Gasteiger partial charge is 0.350 e. The molecule has 0 fully saturated rings. The van der Waals surface area contributed by atoms with Crippen molar-refractivity contribution in [3.8, 4) is 11.1 Å². The number of hydrazone groups is 1. The molecule has 0 aliphatic carbocycles. The summed E-state index contributed by atoms with van der Waals surface area (Å²) in [5.74, 6) is 0. The summed E-state index contributed by atoms with van der Waals surface area (Å²) >= 11 is 0. The molecule has 2 aromatic rings. The van der Waals surface area contributed by atoms with Crippen molar-refractivity contribution in [2.75, 3.05) is 0 Å². The maximum Gasteiger partial charge on any atom is 0.332 e. The van der Waals surface area contributed by atoms with Crippen molar-refractivity contribution in [2.24, 2.45) is 10.8 Å². The second kappa shape index (κ2) is 4.93. The van der Waals surface area contributed by atoms with Crippen LogP contribution in [0.2, 0.25) is 0 Å². The van der Waals surface area contributed by atoms with E-state index in [1.807, 2.05) is 24.3 Å². The minimum absolute atomic E-state index is 0.688. The van der Waals surface area contributed by atoms with E-state index in [1.165, 1.54) is 6.21 Å². The minimum atomic E-state index is -0.688. The fourth-order valence-electron chi connectivity index (χ4n) is 1.38. The van der Waals surface area contributed by atoms with Gasteiger partial charge in [-0.15, -0.1) is 0 Å². The maximum absolute atomic E-state index is 10.4. The SMILES string of the molecule is NC(=O)NN=Cc1cccc(-c2cn[nH]c2)c1. The Balaban J connectivity index is 2.17. The molecule has 0 unspecified atom stereocenters. The Bertz CT molecular complexity index is 533. The van der Waals surface area contributed by atoms with Gasteiger partial charge in [0, 0.05) is 11.8 Å². The summed E-state index contributed by atoms with van der Waals surface area (Å²) in [5, 5.41) is 10.3. The molecular weight excluding hydrogens is 218 g/mol. The van der Waals surface area contributed by atoms with Gasteiger partial charge in [0.1, 0.15) is 0 Å². The van der Waals surface area contributed by atoms with E-state index in [0.29, 0.717) is 0 Å². The van der Waals surface area contributed by atoms with Crippen LogP contribution in [0.5, 0.6) is 0 Å². The number of hydrogen-bond donors (Lipinski definition) is 3. The van der Waals surface area contributed by atoms with Crippen LogP contribution in [-0.4, -0.2) is 22.4 Å². The highest BCUT2D eigenvalue weighted by Gasteiger charge is 1.98. The number of carbonyl (C=O) groups excluding carboxylic acids is 1. The zero-order valence-electron chi connectivity index (χ0n) is 8.92. The predicted molar refractivity (Wildman–Crippen MR) is 64.3 cm³/mol. The molecular formula is C11H11N5O. The number of nitrogens with one attached hydrogen (secondary N) is 2. The topological polar surface area (TPSA) is 96.2 Å². The first-order valence-electron chi connectivity index (χ1n) is 4.93. The normalized spacial score (nSPS) is 10.6. The Hall–Kier alpha value is -2.63. The molecule has 0 aliphatic heterocycles. The third-order valence-electron chi connectivity index (χ3n) is 2.11. The lowest BCUT2D eigenvalue weighted by Gasteiger charge is -1.98. The molecule has 1 aromatic heterocycles. The number of nitrogens with zero attached hydrogens (tertiary/aromatic N) is 2. The van der Waals surface area contributed by atoms with Gasteiger partial charge in [-0.3, -0.25) is 5.10 Å². The van der Waals surface area contributed by atoms with Crippen LogP contribution < -0.4 is 11.2 Å². The molecule has 86 valence electrons. The summed E-state index contributed by atoms with van der Waals surface area (Å²) in [7, 11) is 0. The number of hydrogen-bond acceptors (Lipinski definition) is 3. The van der Waals surface area contributed by atoms with Gasteiger partial charge < -0.3 is 5.73 Å². The van der Waals surface area contributed by atoms with E-state index in [4.69, 9.17) is 5.73 Å². The van der Waals surface area contributed by atoms with Crippen LogP contribution in [0.25, 0.3) is 11.1 Å². The third-order valence-corrected chi connectivity index (χ3v) is 2.11. The molecule has 0 radical (unpaired) electrons. The van der Waals surface area contributed by atoms with E-state index in [2.05, 4.69) is 20.7 Å². The first kappa shape index (κ1) is 10.9. The number of nitrogens with two attached hydrogens (primary N) is 1. The van der Waals surface area contributed by atoms with Gasteiger partial charge in [0.2, 0.25) is 0 Å². The molecule has 4 N–H and O–H groups in total. The Morgan fingerprint density at radius 1 is 1.47 bits per heavy atom. The van der Waals surface area contributed by atoms with Crippen molar-refractivity contribution in [3.05, 3.63) is 42.2 Å². The lowest BCUT2D eigenvalue weighted by molar-refractivity contribution is 0.249. The number of aromatic nitrogens is 2. The number of rotatable bonds is 3. The van der Waals surface area contributed by atoms with Gasteiger partial charge in [-0.2, -0.15) is 10.2 Å². The molecule has 2 rings (SSSR count). The van der Waals surface area contributed by atoms with Crippen molar-refractivity contribution in [1.82, 2.24) is 15.6 Å². The van der Waals surface area contributed by atoms with Crippen LogP contribution in [0.4, 0.5) is 4.79 Å². The summed E-state index contributed by atoms with van der Waals surface area (Å²) in [6.07, 6.45) is 5.06. The number of urea groups is 1. The zero-order valence-corrected chi connectivity index (χ0v) is 8.92. The second-order valence-corrected chi connectivity index (χ2v) is 3.35. The maximum atomic E-state index is 10.4. The number of benzene rings is 1. The van der Waals surface area contributed by atoms with E-state index in [0.717, 1.165) is 16.7 Å². The highest BCUT2D eigenvalue weighted by molar-refractivity contribution is 5.83. The van der Waals surface area contributed by atoms with Crippen molar-refractivity contribution < 1.29 is 4.79 Å². The van der Waals surface area contributed by atoms with Crippen LogP contribution in [0, 0.1) is 0 Å². The number of aromatic amines is 1. The molecule has 0 atom stereocenters. The van der Waals surface area contributed by atoms with Crippen LogP contribution in [-0.2, 0) is 0 Å². The number of H-pyrrole nitrogens is 1. The van der Waals surface area contributed by atoms with Crippen LogP contribution in [0.3, 0.4) is 0 Å². The third kappa shape index (κ3) is 2.91. The average molecular weight is 229 g/mol. The number of amides is 2. The van der Waals surface area contributed by atoms with Crippen molar-refractivity contribution in [2.45, 2.75) is 0 Å². The monoisotopic (exact) mass is 229 g/mol. The molecule has 0 spiro atoms. The summed E-state index contributed by atoms with van der Waals surface area (Å²) in [6.45, 7) is 0. The molecule has 1 aromatic carbocycles. The first-order chi connectivity index (χ1) is 8.25. The predicted octanol–water partition coefficient (Wildman–Crippen LogP) is 1.08. The fraction of sp³-hybridized carbons (Fsp3) is 0. The molecule has 1 heterocycles. The Kier molecular flexibility index (Phi) is 3.15. The molecule has 17 heavy (non-hydrogen) atoms. The van der Waals surface area contributed by atoms with Crippen molar-refractivity contribution >= 4 is 12.2 Å². The lowest BCUT2D eigenvalue weighted by atomic mass is 10.1. The van der Waals surface area contributed by atoms with Crippen molar-refractivity contribution in [3.63, 3.8) is 0 Å².